The summed E-state index contributed by atoms with van der Waals surface area (Å²) in [4.78, 5) is 21.4. The average Bonchev–Trinajstić information content (AvgIpc) is 1.96. The molecule has 4 heteroatoms. The molecule has 0 aliphatic carbocycles. The minimum atomic E-state index is -0.637. The molecule has 76 valence electrons. The van der Waals surface area contributed by atoms with Gasteiger partial charge in [0.25, 0.3) is 0 Å². The van der Waals surface area contributed by atoms with E-state index in [9.17, 15) is 9.59 Å². The van der Waals surface area contributed by atoms with E-state index in [1.807, 2.05) is 20.8 Å². The van der Waals surface area contributed by atoms with Crippen molar-refractivity contribution in [3.05, 3.63) is 0 Å². The van der Waals surface area contributed by atoms with Crippen molar-refractivity contribution in [2.45, 2.75) is 45.8 Å². The average molecular weight is 187 g/mol. The number of rotatable bonds is 3. The summed E-state index contributed by atoms with van der Waals surface area (Å²) in [5.41, 5.74) is -0.335. The molecule has 0 bridgehead atoms. The Balaban J connectivity index is 3.93. The van der Waals surface area contributed by atoms with E-state index < -0.39 is 12.2 Å². The quantitative estimate of drug-likeness (QED) is 0.681. The molecule has 13 heavy (non-hydrogen) atoms. The van der Waals surface area contributed by atoms with Gasteiger partial charge in [0.05, 0.1) is 0 Å². The molecular weight excluding hydrogens is 170 g/mol. The van der Waals surface area contributed by atoms with E-state index in [1.54, 1.807) is 6.92 Å². The lowest BCUT2D eigenvalue weighted by molar-refractivity contribution is -0.115. The SMILES string of the molecule is CCC(C=O)OC(=O)NC(C)(C)C. The Morgan fingerprint density at radius 3 is 2.38 bits per heavy atom. The van der Waals surface area contributed by atoms with Crippen LogP contribution in [0.4, 0.5) is 4.79 Å². The maximum atomic E-state index is 11.1. The van der Waals surface area contributed by atoms with E-state index in [4.69, 9.17) is 4.74 Å². The molecule has 0 spiro atoms. The van der Waals surface area contributed by atoms with Gasteiger partial charge in [0.1, 0.15) is 0 Å². The molecule has 0 rings (SSSR count). The van der Waals surface area contributed by atoms with E-state index in [2.05, 4.69) is 5.32 Å². The molecule has 0 saturated heterocycles. The third-order valence-electron chi connectivity index (χ3n) is 1.29. The van der Waals surface area contributed by atoms with Crippen molar-refractivity contribution >= 4 is 12.4 Å². The van der Waals surface area contributed by atoms with Gasteiger partial charge >= 0.3 is 6.09 Å². The number of carbonyl (C=O) groups is 2. The fourth-order valence-corrected chi connectivity index (χ4v) is 0.680. The molecule has 4 nitrogen and oxygen atoms in total. The van der Waals surface area contributed by atoms with Crippen molar-refractivity contribution in [1.82, 2.24) is 5.32 Å². The topological polar surface area (TPSA) is 55.4 Å². The van der Waals surface area contributed by atoms with E-state index >= 15 is 0 Å². The summed E-state index contributed by atoms with van der Waals surface area (Å²) in [6.07, 6.45) is -0.0580. The second-order valence-electron chi connectivity index (χ2n) is 3.86. The van der Waals surface area contributed by atoms with Gasteiger partial charge < -0.3 is 10.1 Å². The number of carbonyl (C=O) groups excluding carboxylic acids is 2. The standard InChI is InChI=1S/C9H17NO3/c1-5-7(6-11)13-8(12)10-9(2,3)4/h6-7H,5H2,1-4H3,(H,10,12). The first-order chi connectivity index (χ1) is 5.89. The van der Waals surface area contributed by atoms with Gasteiger partial charge in [-0.3, -0.25) is 4.79 Å². The molecule has 0 fully saturated rings. The highest BCUT2D eigenvalue weighted by atomic mass is 16.6. The van der Waals surface area contributed by atoms with Gasteiger partial charge in [-0.05, 0) is 27.2 Å². The lowest BCUT2D eigenvalue weighted by Gasteiger charge is -2.21. The Hall–Kier alpha value is -1.06. The number of alkyl carbamates (subject to hydrolysis) is 1. The summed E-state index contributed by atoms with van der Waals surface area (Å²) in [6.45, 7) is 7.31. The molecule has 0 aliphatic heterocycles. The first-order valence-corrected chi connectivity index (χ1v) is 4.33. The molecule has 0 aromatic rings. The fourth-order valence-electron chi connectivity index (χ4n) is 0.680. The molecule has 1 N–H and O–H groups in total. The van der Waals surface area contributed by atoms with Crippen LogP contribution in [0, 0.1) is 0 Å². The van der Waals surface area contributed by atoms with Gasteiger partial charge in [-0.25, -0.2) is 4.79 Å². The summed E-state index contributed by atoms with van der Waals surface area (Å²) >= 11 is 0. The minimum absolute atomic E-state index is 0.335. The predicted octanol–water partition coefficient (Wildman–Crippen LogP) is 1.49. The van der Waals surface area contributed by atoms with Gasteiger partial charge in [-0.2, -0.15) is 0 Å². The van der Waals surface area contributed by atoms with Crippen molar-refractivity contribution in [2.75, 3.05) is 0 Å². The van der Waals surface area contributed by atoms with E-state index in [0.29, 0.717) is 12.7 Å². The van der Waals surface area contributed by atoms with Gasteiger partial charge in [0.2, 0.25) is 0 Å². The van der Waals surface area contributed by atoms with Crippen LogP contribution in [0.1, 0.15) is 34.1 Å². The van der Waals surface area contributed by atoms with E-state index in [-0.39, 0.29) is 5.54 Å². The molecular formula is C9H17NO3. The normalized spacial score (nSPS) is 13.2. The smallest absolute Gasteiger partial charge is 0.408 e. The van der Waals surface area contributed by atoms with Crippen molar-refractivity contribution in [1.29, 1.82) is 0 Å². The molecule has 1 atom stereocenters. The zero-order valence-electron chi connectivity index (χ0n) is 8.59. The highest BCUT2D eigenvalue weighted by molar-refractivity contribution is 5.71. The minimum Gasteiger partial charge on any atom is -0.439 e. The fraction of sp³-hybridized carbons (Fsp3) is 0.778. The van der Waals surface area contributed by atoms with Crippen molar-refractivity contribution in [3.8, 4) is 0 Å². The molecule has 0 aromatic carbocycles. The van der Waals surface area contributed by atoms with Crippen LogP contribution in [0.15, 0.2) is 0 Å². The van der Waals surface area contributed by atoms with Crippen molar-refractivity contribution < 1.29 is 14.3 Å². The Morgan fingerprint density at radius 2 is 2.08 bits per heavy atom. The summed E-state index contributed by atoms with van der Waals surface area (Å²) in [7, 11) is 0. The number of aldehydes is 1. The lowest BCUT2D eigenvalue weighted by atomic mass is 10.1. The van der Waals surface area contributed by atoms with Crippen molar-refractivity contribution in [2.24, 2.45) is 0 Å². The number of nitrogens with one attached hydrogen (secondary N) is 1. The van der Waals surface area contributed by atoms with Gasteiger partial charge in [-0.1, -0.05) is 6.92 Å². The maximum Gasteiger partial charge on any atom is 0.408 e. The van der Waals surface area contributed by atoms with Gasteiger partial charge in [0.15, 0.2) is 12.4 Å². The van der Waals surface area contributed by atoms with E-state index in [0.717, 1.165) is 0 Å². The molecule has 0 heterocycles. The Kier molecular flexibility index (Phi) is 4.45. The highest BCUT2D eigenvalue weighted by Gasteiger charge is 2.17. The molecule has 0 radical (unpaired) electrons. The van der Waals surface area contributed by atoms with Crippen LogP contribution in [0.25, 0.3) is 0 Å². The van der Waals surface area contributed by atoms with Crippen LogP contribution >= 0.6 is 0 Å². The van der Waals surface area contributed by atoms with Crippen LogP contribution in [-0.2, 0) is 9.53 Å². The third-order valence-corrected chi connectivity index (χ3v) is 1.29. The maximum absolute atomic E-state index is 11.1. The van der Waals surface area contributed by atoms with Gasteiger partial charge in [0, 0.05) is 5.54 Å². The molecule has 1 amide bonds. The lowest BCUT2D eigenvalue weighted by Crippen LogP contribution is -2.42. The number of amides is 1. The zero-order chi connectivity index (χ0) is 10.5. The summed E-state index contributed by atoms with van der Waals surface area (Å²) in [5.74, 6) is 0. The predicted molar refractivity (Wildman–Crippen MR) is 49.5 cm³/mol. The molecule has 0 aliphatic rings. The first kappa shape index (κ1) is 11.9. The van der Waals surface area contributed by atoms with Crippen LogP contribution in [0.3, 0.4) is 0 Å². The second-order valence-corrected chi connectivity index (χ2v) is 3.86. The molecule has 1 unspecified atom stereocenters. The Bertz CT molecular complexity index is 184. The van der Waals surface area contributed by atoms with Crippen LogP contribution in [0.2, 0.25) is 0 Å². The number of hydrogen-bond donors (Lipinski definition) is 1. The summed E-state index contributed by atoms with van der Waals surface area (Å²) in [6, 6.07) is 0. The summed E-state index contributed by atoms with van der Waals surface area (Å²) < 4.78 is 4.81. The molecule has 0 saturated carbocycles. The van der Waals surface area contributed by atoms with E-state index in [1.165, 1.54) is 0 Å². The van der Waals surface area contributed by atoms with Gasteiger partial charge in [-0.15, -0.1) is 0 Å². The molecule has 0 aromatic heterocycles. The third kappa shape index (κ3) is 6.13. The number of ether oxygens (including phenoxy) is 1. The first-order valence-electron chi connectivity index (χ1n) is 4.33. The summed E-state index contributed by atoms with van der Waals surface area (Å²) in [5, 5.41) is 2.60. The van der Waals surface area contributed by atoms with Crippen LogP contribution < -0.4 is 5.32 Å². The monoisotopic (exact) mass is 187 g/mol. The van der Waals surface area contributed by atoms with Crippen LogP contribution in [-0.4, -0.2) is 24.0 Å². The highest BCUT2D eigenvalue weighted by Crippen LogP contribution is 2.01. The largest absolute Gasteiger partial charge is 0.439 e. The Morgan fingerprint density at radius 1 is 1.54 bits per heavy atom. The number of hydrogen-bond acceptors (Lipinski definition) is 3. The van der Waals surface area contributed by atoms with Crippen molar-refractivity contribution in [3.63, 3.8) is 0 Å². The Labute approximate surface area is 78.6 Å². The zero-order valence-corrected chi connectivity index (χ0v) is 8.59. The second kappa shape index (κ2) is 4.84. The van der Waals surface area contributed by atoms with Crippen LogP contribution in [0.5, 0.6) is 0 Å².